The number of hydrazine groups is 1. The van der Waals surface area contributed by atoms with Crippen LogP contribution < -0.4 is 16.0 Å². The van der Waals surface area contributed by atoms with Crippen LogP contribution in [-0.2, 0) is 4.74 Å². The van der Waals surface area contributed by atoms with Gasteiger partial charge in [-0.05, 0) is 18.8 Å². The van der Waals surface area contributed by atoms with Crippen molar-refractivity contribution in [1.82, 2.24) is 9.97 Å². The van der Waals surface area contributed by atoms with Crippen molar-refractivity contribution in [3.05, 3.63) is 12.4 Å². The molecular formula is C10H16N4O2. The number of nitrogen functional groups attached to an aromatic ring is 1. The normalized spacial score (nSPS) is 17.1. The van der Waals surface area contributed by atoms with Gasteiger partial charge in [-0.15, -0.1) is 0 Å². The third-order valence-electron chi connectivity index (χ3n) is 2.60. The fourth-order valence-electron chi connectivity index (χ4n) is 1.61. The van der Waals surface area contributed by atoms with Crippen LogP contribution in [-0.4, -0.2) is 29.8 Å². The molecule has 88 valence electrons. The van der Waals surface area contributed by atoms with Gasteiger partial charge in [0.15, 0.2) is 0 Å². The first-order valence-electron chi connectivity index (χ1n) is 5.37. The average Bonchev–Trinajstić information content (AvgIpc) is 2.38. The molecule has 0 unspecified atom stereocenters. The smallest absolute Gasteiger partial charge is 0.218 e. The number of nitrogens with two attached hydrogens (primary N) is 1. The summed E-state index contributed by atoms with van der Waals surface area (Å²) in [5, 5.41) is 0. The van der Waals surface area contributed by atoms with Crippen LogP contribution in [0.4, 0.5) is 5.82 Å². The monoisotopic (exact) mass is 224 g/mol. The lowest BCUT2D eigenvalue weighted by Gasteiger charge is -2.21. The zero-order chi connectivity index (χ0) is 11.2. The maximum absolute atomic E-state index is 5.59. The largest absolute Gasteiger partial charge is 0.477 e. The number of aromatic nitrogens is 2. The highest BCUT2D eigenvalue weighted by atomic mass is 16.5. The van der Waals surface area contributed by atoms with Crippen LogP contribution in [0.1, 0.15) is 12.8 Å². The van der Waals surface area contributed by atoms with Crippen molar-refractivity contribution in [2.24, 2.45) is 11.8 Å². The van der Waals surface area contributed by atoms with Crippen molar-refractivity contribution < 1.29 is 9.47 Å². The molecule has 2 rings (SSSR count). The van der Waals surface area contributed by atoms with Crippen molar-refractivity contribution in [2.75, 3.05) is 25.2 Å². The minimum absolute atomic E-state index is 0.550. The van der Waals surface area contributed by atoms with E-state index in [1.807, 2.05) is 0 Å². The van der Waals surface area contributed by atoms with Crippen LogP contribution in [0.25, 0.3) is 0 Å². The Balaban J connectivity index is 1.83. The van der Waals surface area contributed by atoms with E-state index >= 15 is 0 Å². The Morgan fingerprint density at radius 3 is 3.00 bits per heavy atom. The number of hydrogen-bond acceptors (Lipinski definition) is 6. The molecule has 6 nitrogen and oxygen atoms in total. The van der Waals surface area contributed by atoms with E-state index < -0.39 is 0 Å². The Hall–Kier alpha value is -1.40. The summed E-state index contributed by atoms with van der Waals surface area (Å²) in [6.45, 7) is 2.32. The summed E-state index contributed by atoms with van der Waals surface area (Å²) in [5.41, 5.74) is 2.45. The summed E-state index contributed by atoms with van der Waals surface area (Å²) < 4.78 is 10.9. The number of anilines is 1. The van der Waals surface area contributed by atoms with Gasteiger partial charge in [0.25, 0.3) is 0 Å². The first kappa shape index (κ1) is 11.1. The minimum atomic E-state index is 0.550. The van der Waals surface area contributed by atoms with Crippen molar-refractivity contribution >= 4 is 5.82 Å². The van der Waals surface area contributed by atoms with Gasteiger partial charge in [-0.1, -0.05) is 0 Å². The fourth-order valence-corrected chi connectivity index (χ4v) is 1.61. The summed E-state index contributed by atoms with van der Waals surface area (Å²) in [5.74, 6) is 6.90. The quantitative estimate of drug-likeness (QED) is 0.574. The van der Waals surface area contributed by atoms with E-state index in [4.69, 9.17) is 15.3 Å². The van der Waals surface area contributed by atoms with Gasteiger partial charge in [-0.25, -0.2) is 15.8 Å². The van der Waals surface area contributed by atoms with Crippen molar-refractivity contribution in [3.63, 3.8) is 0 Å². The summed E-state index contributed by atoms with van der Waals surface area (Å²) in [6, 6.07) is 1.68. The molecule has 1 saturated heterocycles. The van der Waals surface area contributed by atoms with Crippen molar-refractivity contribution in [2.45, 2.75) is 12.8 Å². The minimum Gasteiger partial charge on any atom is -0.477 e. The van der Waals surface area contributed by atoms with Crippen molar-refractivity contribution in [1.29, 1.82) is 0 Å². The topological polar surface area (TPSA) is 82.3 Å². The first-order chi connectivity index (χ1) is 7.88. The summed E-state index contributed by atoms with van der Waals surface area (Å²) in [7, 11) is 0. The molecule has 0 radical (unpaired) electrons. The van der Waals surface area contributed by atoms with Gasteiger partial charge in [0.05, 0.1) is 6.61 Å². The maximum Gasteiger partial charge on any atom is 0.218 e. The Morgan fingerprint density at radius 1 is 1.44 bits per heavy atom. The van der Waals surface area contributed by atoms with E-state index in [2.05, 4.69) is 15.4 Å². The lowest BCUT2D eigenvalue weighted by molar-refractivity contribution is 0.0490. The molecule has 16 heavy (non-hydrogen) atoms. The molecule has 0 spiro atoms. The molecule has 3 N–H and O–H groups in total. The summed E-state index contributed by atoms with van der Waals surface area (Å²) >= 11 is 0. The predicted molar refractivity (Wildman–Crippen MR) is 58.9 cm³/mol. The van der Waals surface area contributed by atoms with Crippen LogP contribution in [0.5, 0.6) is 5.88 Å². The molecule has 6 heteroatoms. The fraction of sp³-hybridized carbons (Fsp3) is 0.600. The molecule has 0 aromatic carbocycles. The number of hydrogen-bond donors (Lipinski definition) is 2. The Bertz CT molecular complexity index is 328. The van der Waals surface area contributed by atoms with Crippen LogP contribution in [0.15, 0.2) is 12.4 Å². The number of ether oxygens (including phenoxy) is 2. The third kappa shape index (κ3) is 3.04. The third-order valence-corrected chi connectivity index (χ3v) is 2.60. The zero-order valence-corrected chi connectivity index (χ0v) is 9.06. The van der Waals surface area contributed by atoms with E-state index in [1.165, 1.54) is 6.33 Å². The Labute approximate surface area is 94.1 Å². The van der Waals surface area contributed by atoms with Crippen LogP contribution in [0.3, 0.4) is 0 Å². The molecule has 1 aliphatic heterocycles. The van der Waals surface area contributed by atoms with E-state index in [-0.39, 0.29) is 0 Å². The van der Waals surface area contributed by atoms with E-state index in [9.17, 15) is 0 Å². The molecule has 1 aromatic rings. The second-order valence-electron chi connectivity index (χ2n) is 3.75. The maximum atomic E-state index is 5.59. The lowest BCUT2D eigenvalue weighted by atomic mass is 10.0. The van der Waals surface area contributed by atoms with E-state index in [0.29, 0.717) is 24.2 Å². The SMILES string of the molecule is NNc1cc(OCC2CCOCC2)ncn1. The second-order valence-corrected chi connectivity index (χ2v) is 3.75. The molecule has 1 aromatic heterocycles. The van der Waals surface area contributed by atoms with Gasteiger partial charge in [-0.2, -0.15) is 0 Å². The first-order valence-corrected chi connectivity index (χ1v) is 5.37. The van der Waals surface area contributed by atoms with Gasteiger partial charge in [-0.3, -0.25) is 0 Å². The van der Waals surface area contributed by atoms with Gasteiger partial charge in [0.1, 0.15) is 12.1 Å². The number of nitrogens with zero attached hydrogens (tertiary/aromatic N) is 2. The Kier molecular flexibility index (Phi) is 3.90. The van der Waals surface area contributed by atoms with E-state index in [1.54, 1.807) is 6.07 Å². The standard InChI is InChI=1S/C10H16N4O2/c11-14-9-5-10(13-7-12-9)16-6-8-1-3-15-4-2-8/h5,7-8H,1-4,6,11H2,(H,12,13,14). The predicted octanol–water partition coefficient (Wildman–Crippen LogP) is 0.568. The highest BCUT2D eigenvalue weighted by molar-refractivity contribution is 5.35. The van der Waals surface area contributed by atoms with E-state index in [0.717, 1.165) is 26.1 Å². The molecule has 0 saturated carbocycles. The number of nitrogens with one attached hydrogen (secondary N) is 1. The number of rotatable bonds is 4. The second kappa shape index (κ2) is 5.62. The molecule has 1 aliphatic rings. The molecule has 1 fully saturated rings. The van der Waals surface area contributed by atoms with Crippen LogP contribution in [0, 0.1) is 5.92 Å². The van der Waals surface area contributed by atoms with Gasteiger partial charge < -0.3 is 14.9 Å². The van der Waals surface area contributed by atoms with Gasteiger partial charge in [0.2, 0.25) is 5.88 Å². The lowest BCUT2D eigenvalue weighted by Crippen LogP contribution is -2.21. The molecule has 0 aliphatic carbocycles. The van der Waals surface area contributed by atoms with Gasteiger partial charge >= 0.3 is 0 Å². The highest BCUT2D eigenvalue weighted by Crippen LogP contribution is 2.17. The molecular weight excluding hydrogens is 208 g/mol. The summed E-state index contributed by atoms with van der Waals surface area (Å²) in [4.78, 5) is 7.92. The van der Waals surface area contributed by atoms with Gasteiger partial charge in [0, 0.05) is 19.3 Å². The average molecular weight is 224 g/mol. The Morgan fingerprint density at radius 2 is 2.25 bits per heavy atom. The highest BCUT2D eigenvalue weighted by Gasteiger charge is 2.14. The molecule has 0 atom stereocenters. The molecule has 2 heterocycles. The van der Waals surface area contributed by atoms with Crippen LogP contribution in [0.2, 0.25) is 0 Å². The zero-order valence-electron chi connectivity index (χ0n) is 9.06. The van der Waals surface area contributed by atoms with Crippen LogP contribution >= 0.6 is 0 Å². The molecule has 0 bridgehead atoms. The van der Waals surface area contributed by atoms with Crippen molar-refractivity contribution in [3.8, 4) is 5.88 Å². The molecule has 0 amide bonds. The summed E-state index contributed by atoms with van der Waals surface area (Å²) in [6.07, 6.45) is 3.52.